The molecule has 0 bridgehead atoms. The number of primary sulfonamides is 1. The maximum Gasteiger partial charge on any atom is 0.238 e. The zero-order valence-corrected chi connectivity index (χ0v) is 14.3. The number of sulfonamides is 1. The third-order valence-corrected chi connectivity index (χ3v) is 4.54. The SMILES string of the molecule is C[C@H](NC(=S)NCc1ccccc1)c1ccc(S(N)(=O)=O)cc1. The fourth-order valence-corrected chi connectivity index (χ4v) is 2.82. The van der Waals surface area contributed by atoms with E-state index in [1.807, 2.05) is 37.3 Å². The highest BCUT2D eigenvalue weighted by atomic mass is 32.2. The lowest BCUT2D eigenvalue weighted by Crippen LogP contribution is -2.36. The van der Waals surface area contributed by atoms with Gasteiger partial charge in [-0.15, -0.1) is 0 Å². The summed E-state index contributed by atoms with van der Waals surface area (Å²) in [6.07, 6.45) is 0. The normalized spacial score (nSPS) is 12.4. The summed E-state index contributed by atoms with van der Waals surface area (Å²) in [6, 6.07) is 16.3. The van der Waals surface area contributed by atoms with E-state index in [-0.39, 0.29) is 10.9 Å². The van der Waals surface area contributed by atoms with E-state index in [1.54, 1.807) is 12.1 Å². The molecule has 0 fully saturated rings. The predicted molar refractivity (Wildman–Crippen MR) is 95.2 cm³/mol. The summed E-state index contributed by atoms with van der Waals surface area (Å²) in [7, 11) is -3.67. The van der Waals surface area contributed by atoms with E-state index in [9.17, 15) is 8.42 Å². The Morgan fingerprint density at radius 3 is 2.30 bits per heavy atom. The molecule has 0 saturated carbocycles. The van der Waals surface area contributed by atoms with Crippen LogP contribution in [0.2, 0.25) is 0 Å². The number of thiocarbonyl (C=S) groups is 1. The first kappa shape index (κ1) is 17.4. The van der Waals surface area contributed by atoms with Gasteiger partial charge in [0.15, 0.2) is 5.11 Å². The van der Waals surface area contributed by atoms with Crippen molar-refractivity contribution >= 4 is 27.4 Å². The highest BCUT2D eigenvalue weighted by Crippen LogP contribution is 2.15. The van der Waals surface area contributed by atoms with Gasteiger partial charge in [0.2, 0.25) is 10.0 Å². The minimum Gasteiger partial charge on any atom is -0.359 e. The summed E-state index contributed by atoms with van der Waals surface area (Å²) in [5, 5.41) is 11.9. The zero-order chi connectivity index (χ0) is 16.9. The van der Waals surface area contributed by atoms with Gasteiger partial charge in [-0.1, -0.05) is 42.5 Å². The van der Waals surface area contributed by atoms with Crippen LogP contribution in [0.4, 0.5) is 0 Å². The Balaban J connectivity index is 1.90. The maximum atomic E-state index is 11.2. The Bertz CT molecular complexity index is 760. The highest BCUT2D eigenvalue weighted by molar-refractivity contribution is 7.89. The van der Waals surface area contributed by atoms with Gasteiger partial charge in [0.05, 0.1) is 10.9 Å². The third-order valence-electron chi connectivity index (χ3n) is 3.35. The average molecular weight is 349 g/mol. The Hall–Kier alpha value is -1.96. The van der Waals surface area contributed by atoms with Crippen molar-refractivity contribution in [3.8, 4) is 0 Å². The number of nitrogens with two attached hydrogens (primary N) is 1. The Labute approximate surface area is 142 Å². The summed E-state index contributed by atoms with van der Waals surface area (Å²) in [5.41, 5.74) is 2.06. The molecule has 2 rings (SSSR count). The number of benzene rings is 2. The lowest BCUT2D eigenvalue weighted by molar-refractivity contribution is 0.597. The summed E-state index contributed by atoms with van der Waals surface area (Å²) in [5.74, 6) is 0. The maximum absolute atomic E-state index is 11.2. The Morgan fingerprint density at radius 2 is 1.74 bits per heavy atom. The number of nitrogens with one attached hydrogen (secondary N) is 2. The van der Waals surface area contributed by atoms with E-state index in [2.05, 4.69) is 10.6 Å². The van der Waals surface area contributed by atoms with Gasteiger partial charge >= 0.3 is 0 Å². The van der Waals surface area contributed by atoms with Crippen molar-refractivity contribution in [1.29, 1.82) is 0 Å². The largest absolute Gasteiger partial charge is 0.359 e. The molecule has 0 unspecified atom stereocenters. The Morgan fingerprint density at radius 1 is 1.13 bits per heavy atom. The average Bonchev–Trinajstić information content (AvgIpc) is 2.53. The Kier molecular flexibility index (Phi) is 5.70. The zero-order valence-electron chi connectivity index (χ0n) is 12.7. The van der Waals surface area contributed by atoms with Gasteiger partial charge in [0.1, 0.15) is 0 Å². The van der Waals surface area contributed by atoms with E-state index < -0.39 is 10.0 Å². The summed E-state index contributed by atoms with van der Waals surface area (Å²) in [4.78, 5) is 0.0956. The summed E-state index contributed by atoms with van der Waals surface area (Å²) >= 11 is 5.28. The third kappa shape index (κ3) is 5.31. The second kappa shape index (κ2) is 7.54. The van der Waals surface area contributed by atoms with Gasteiger partial charge in [-0.25, -0.2) is 13.6 Å². The van der Waals surface area contributed by atoms with Gasteiger partial charge in [0, 0.05) is 6.54 Å². The molecular formula is C16H19N3O2S2. The van der Waals surface area contributed by atoms with Crippen LogP contribution in [-0.4, -0.2) is 13.5 Å². The van der Waals surface area contributed by atoms with Gasteiger partial charge in [0.25, 0.3) is 0 Å². The second-order valence-corrected chi connectivity index (χ2v) is 7.12. The molecule has 2 aromatic rings. The quantitative estimate of drug-likeness (QED) is 0.720. The van der Waals surface area contributed by atoms with Crippen molar-refractivity contribution < 1.29 is 8.42 Å². The smallest absolute Gasteiger partial charge is 0.238 e. The van der Waals surface area contributed by atoms with Crippen molar-refractivity contribution in [2.75, 3.05) is 0 Å². The van der Waals surface area contributed by atoms with Crippen LogP contribution in [0.25, 0.3) is 0 Å². The van der Waals surface area contributed by atoms with E-state index in [0.29, 0.717) is 11.7 Å². The van der Waals surface area contributed by atoms with Crippen LogP contribution in [0.5, 0.6) is 0 Å². The fourth-order valence-electron chi connectivity index (χ4n) is 2.06. The molecule has 0 heterocycles. The molecule has 0 saturated heterocycles. The fraction of sp³-hybridized carbons (Fsp3) is 0.188. The number of hydrogen-bond acceptors (Lipinski definition) is 3. The molecule has 2 aromatic carbocycles. The van der Waals surface area contributed by atoms with Gasteiger partial charge in [-0.2, -0.15) is 0 Å². The van der Waals surface area contributed by atoms with Crippen LogP contribution >= 0.6 is 12.2 Å². The molecule has 1 atom stereocenters. The van der Waals surface area contributed by atoms with Crippen LogP contribution in [0.3, 0.4) is 0 Å². The van der Waals surface area contributed by atoms with Crippen molar-refractivity contribution in [1.82, 2.24) is 10.6 Å². The van der Waals surface area contributed by atoms with Gasteiger partial charge in [-0.05, 0) is 42.4 Å². The molecule has 7 heteroatoms. The molecule has 0 aliphatic carbocycles. The molecule has 23 heavy (non-hydrogen) atoms. The molecule has 122 valence electrons. The number of rotatable bonds is 5. The molecular weight excluding hydrogens is 330 g/mol. The van der Waals surface area contributed by atoms with Crippen molar-refractivity contribution in [2.45, 2.75) is 24.4 Å². The minimum absolute atomic E-state index is 0.0553. The minimum atomic E-state index is -3.67. The standard InChI is InChI=1S/C16H19N3O2S2/c1-12(14-7-9-15(10-8-14)23(17,20)21)19-16(22)18-11-13-5-3-2-4-6-13/h2-10,12H,11H2,1H3,(H2,17,20,21)(H2,18,19,22)/t12-/m0/s1. The molecule has 0 aliphatic rings. The van der Waals surface area contributed by atoms with E-state index in [1.165, 1.54) is 12.1 Å². The molecule has 0 spiro atoms. The molecule has 0 amide bonds. The van der Waals surface area contributed by atoms with Crippen molar-refractivity contribution in [2.24, 2.45) is 5.14 Å². The highest BCUT2D eigenvalue weighted by Gasteiger charge is 2.10. The van der Waals surface area contributed by atoms with Crippen LogP contribution in [0.1, 0.15) is 24.1 Å². The van der Waals surface area contributed by atoms with Gasteiger partial charge in [-0.3, -0.25) is 0 Å². The van der Waals surface area contributed by atoms with Crippen LogP contribution in [-0.2, 0) is 16.6 Å². The first-order chi connectivity index (χ1) is 10.9. The molecule has 0 radical (unpaired) electrons. The predicted octanol–water partition coefficient (Wildman–Crippen LogP) is 2.06. The number of hydrogen-bond donors (Lipinski definition) is 3. The monoisotopic (exact) mass is 349 g/mol. The first-order valence-electron chi connectivity index (χ1n) is 7.07. The summed E-state index contributed by atoms with van der Waals surface area (Å²) in [6.45, 7) is 2.59. The molecule has 5 nitrogen and oxygen atoms in total. The topological polar surface area (TPSA) is 84.2 Å². The van der Waals surface area contributed by atoms with Crippen molar-refractivity contribution in [3.63, 3.8) is 0 Å². The van der Waals surface area contributed by atoms with E-state index in [4.69, 9.17) is 17.4 Å². The molecule has 4 N–H and O–H groups in total. The molecule has 0 aromatic heterocycles. The first-order valence-corrected chi connectivity index (χ1v) is 9.03. The van der Waals surface area contributed by atoms with Crippen LogP contribution < -0.4 is 15.8 Å². The van der Waals surface area contributed by atoms with E-state index >= 15 is 0 Å². The second-order valence-electron chi connectivity index (χ2n) is 5.15. The lowest BCUT2D eigenvalue weighted by atomic mass is 10.1. The lowest BCUT2D eigenvalue weighted by Gasteiger charge is -2.17. The molecule has 0 aliphatic heterocycles. The van der Waals surface area contributed by atoms with Crippen molar-refractivity contribution in [3.05, 3.63) is 65.7 Å². The van der Waals surface area contributed by atoms with E-state index in [0.717, 1.165) is 11.1 Å². The van der Waals surface area contributed by atoms with Crippen LogP contribution in [0.15, 0.2) is 59.5 Å². The van der Waals surface area contributed by atoms with Crippen LogP contribution in [0, 0.1) is 0 Å². The summed E-state index contributed by atoms with van der Waals surface area (Å²) < 4.78 is 22.5. The van der Waals surface area contributed by atoms with Gasteiger partial charge < -0.3 is 10.6 Å².